The fraction of sp³-hybridized carbons (Fsp3) is 0.778. The Morgan fingerprint density at radius 1 is 1.69 bits per heavy atom. The van der Waals surface area contributed by atoms with Crippen LogP contribution in [0.25, 0.3) is 0 Å². The van der Waals surface area contributed by atoms with Crippen LogP contribution >= 0.6 is 0 Å². The van der Waals surface area contributed by atoms with E-state index in [1.165, 1.54) is 6.92 Å². The molecule has 0 spiro atoms. The summed E-state index contributed by atoms with van der Waals surface area (Å²) in [6, 6.07) is 0. The Labute approximate surface area is 77.2 Å². The maximum absolute atomic E-state index is 10.9. The molecule has 4 heteroatoms. The summed E-state index contributed by atoms with van der Waals surface area (Å²) in [6.07, 6.45) is 1.76. The van der Waals surface area contributed by atoms with Gasteiger partial charge >= 0.3 is 11.9 Å². The standard InChI is InChI=1S/C9H14O4/c1-3-9(6-12-7(2)10)5-4-8(11)13-9/h3-6H2,1-2H3. The third kappa shape index (κ3) is 2.44. The lowest BCUT2D eigenvalue weighted by Gasteiger charge is -2.24. The predicted octanol–water partition coefficient (Wildman–Crippen LogP) is 1.04. The number of esters is 2. The molecule has 0 amide bonds. The van der Waals surface area contributed by atoms with E-state index in [0.717, 1.165) is 0 Å². The highest BCUT2D eigenvalue weighted by atomic mass is 16.6. The number of ether oxygens (including phenoxy) is 2. The van der Waals surface area contributed by atoms with Crippen molar-refractivity contribution in [3.05, 3.63) is 0 Å². The van der Waals surface area contributed by atoms with Crippen molar-refractivity contribution in [1.29, 1.82) is 0 Å². The van der Waals surface area contributed by atoms with E-state index < -0.39 is 5.60 Å². The number of cyclic esters (lactones) is 1. The molecule has 0 saturated carbocycles. The molecule has 0 aliphatic carbocycles. The van der Waals surface area contributed by atoms with Crippen molar-refractivity contribution in [3.63, 3.8) is 0 Å². The smallest absolute Gasteiger partial charge is 0.306 e. The fourth-order valence-corrected chi connectivity index (χ4v) is 1.36. The van der Waals surface area contributed by atoms with E-state index in [4.69, 9.17) is 9.47 Å². The van der Waals surface area contributed by atoms with Crippen LogP contribution in [-0.2, 0) is 19.1 Å². The quantitative estimate of drug-likeness (QED) is 0.618. The second-order valence-electron chi connectivity index (χ2n) is 3.29. The molecule has 0 N–H and O–H groups in total. The molecule has 1 atom stereocenters. The molecule has 1 fully saturated rings. The van der Waals surface area contributed by atoms with E-state index in [-0.39, 0.29) is 18.5 Å². The molecule has 1 saturated heterocycles. The van der Waals surface area contributed by atoms with Crippen molar-refractivity contribution in [3.8, 4) is 0 Å². The van der Waals surface area contributed by atoms with Gasteiger partial charge in [-0.1, -0.05) is 6.92 Å². The van der Waals surface area contributed by atoms with E-state index in [1.54, 1.807) is 0 Å². The monoisotopic (exact) mass is 186 g/mol. The SMILES string of the molecule is CCC1(COC(C)=O)CCC(=O)O1. The highest BCUT2D eigenvalue weighted by Gasteiger charge is 2.39. The third-order valence-electron chi connectivity index (χ3n) is 2.30. The second kappa shape index (κ2) is 3.77. The molecule has 0 radical (unpaired) electrons. The summed E-state index contributed by atoms with van der Waals surface area (Å²) < 4.78 is 9.98. The van der Waals surface area contributed by atoms with Crippen LogP contribution in [0.4, 0.5) is 0 Å². The number of rotatable bonds is 3. The molecule has 4 nitrogen and oxygen atoms in total. The zero-order chi connectivity index (χ0) is 9.90. The molecule has 0 aromatic carbocycles. The summed E-state index contributed by atoms with van der Waals surface area (Å²) in [5.74, 6) is -0.537. The average Bonchev–Trinajstić information content (AvgIpc) is 2.45. The predicted molar refractivity (Wildman–Crippen MR) is 45.0 cm³/mol. The Kier molecular flexibility index (Phi) is 2.90. The van der Waals surface area contributed by atoms with Crippen LogP contribution in [0, 0.1) is 0 Å². The summed E-state index contributed by atoms with van der Waals surface area (Å²) >= 11 is 0. The van der Waals surface area contributed by atoms with Gasteiger partial charge in [0, 0.05) is 19.8 Å². The molecule has 1 unspecified atom stereocenters. The van der Waals surface area contributed by atoms with Gasteiger partial charge in [-0.2, -0.15) is 0 Å². The van der Waals surface area contributed by atoms with Crippen molar-refractivity contribution in [2.75, 3.05) is 6.61 Å². The topological polar surface area (TPSA) is 52.6 Å². The highest BCUT2D eigenvalue weighted by Crippen LogP contribution is 2.30. The average molecular weight is 186 g/mol. The van der Waals surface area contributed by atoms with Gasteiger partial charge in [0.15, 0.2) is 0 Å². The van der Waals surface area contributed by atoms with Gasteiger partial charge in [0.05, 0.1) is 0 Å². The fourth-order valence-electron chi connectivity index (χ4n) is 1.36. The highest BCUT2D eigenvalue weighted by molar-refractivity contribution is 5.72. The minimum atomic E-state index is -0.553. The lowest BCUT2D eigenvalue weighted by Crippen LogP contribution is -2.34. The summed E-state index contributed by atoms with van der Waals surface area (Å²) in [6.45, 7) is 3.45. The molecule has 0 aromatic rings. The van der Waals surface area contributed by atoms with Crippen molar-refractivity contribution in [2.24, 2.45) is 0 Å². The van der Waals surface area contributed by atoms with Crippen LogP contribution in [0.5, 0.6) is 0 Å². The minimum absolute atomic E-state index is 0.185. The molecular formula is C9H14O4. The molecule has 1 aliphatic heterocycles. The Morgan fingerprint density at radius 2 is 2.38 bits per heavy atom. The maximum atomic E-state index is 10.9. The Morgan fingerprint density at radius 3 is 2.77 bits per heavy atom. The van der Waals surface area contributed by atoms with Crippen LogP contribution in [0.3, 0.4) is 0 Å². The van der Waals surface area contributed by atoms with Crippen LogP contribution in [-0.4, -0.2) is 24.1 Å². The summed E-state index contributed by atoms with van der Waals surface area (Å²) in [5.41, 5.74) is -0.553. The first-order valence-corrected chi connectivity index (χ1v) is 4.43. The van der Waals surface area contributed by atoms with E-state index in [9.17, 15) is 9.59 Å². The van der Waals surface area contributed by atoms with Gasteiger partial charge in [-0.25, -0.2) is 0 Å². The zero-order valence-corrected chi connectivity index (χ0v) is 7.96. The first-order valence-electron chi connectivity index (χ1n) is 4.43. The van der Waals surface area contributed by atoms with Crippen LogP contribution in [0.2, 0.25) is 0 Å². The van der Waals surface area contributed by atoms with Gasteiger partial charge in [-0.15, -0.1) is 0 Å². The molecule has 1 heterocycles. The maximum Gasteiger partial charge on any atom is 0.306 e. The largest absolute Gasteiger partial charge is 0.462 e. The first kappa shape index (κ1) is 10.0. The number of carbonyl (C=O) groups excluding carboxylic acids is 2. The molecule has 74 valence electrons. The van der Waals surface area contributed by atoms with E-state index >= 15 is 0 Å². The van der Waals surface area contributed by atoms with Crippen LogP contribution in [0.1, 0.15) is 33.1 Å². The molecule has 0 bridgehead atoms. The molecule has 13 heavy (non-hydrogen) atoms. The lowest BCUT2D eigenvalue weighted by atomic mass is 9.98. The normalized spacial score (nSPS) is 27.1. The van der Waals surface area contributed by atoms with Gasteiger partial charge < -0.3 is 9.47 Å². The molecule has 1 aliphatic rings. The van der Waals surface area contributed by atoms with Crippen molar-refractivity contribution in [2.45, 2.75) is 38.7 Å². The van der Waals surface area contributed by atoms with Gasteiger partial charge in [0.2, 0.25) is 0 Å². The van der Waals surface area contributed by atoms with E-state index in [2.05, 4.69) is 0 Å². The zero-order valence-electron chi connectivity index (χ0n) is 7.96. The van der Waals surface area contributed by atoms with Gasteiger partial charge in [0.25, 0.3) is 0 Å². The van der Waals surface area contributed by atoms with Crippen LogP contribution < -0.4 is 0 Å². The van der Waals surface area contributed by atoms with E-state index in [1.807, 2.05) is 6.92 Å². The van der Waals surface area contributed by atoms with E-state index in [0.29, 0.717) is 19.3 Å². The number of hydrogen-bond donors (Lipinski definition) is 0. The Hall–Kier alpha value is -1.06. The first-order chi connectivity index (χ1) is 6.08. The van der Waals surface area contributed by atoms with Gasteiger partial charge in [-0.3, -0.25) is 9.59 Å². The summed E-state index contributed by atoms with van der Waals surface area (Å²) in [4.78, 5) is 21.5. The van der Waals surface area contributed by atoms with Gasteiger partial charge in [0.1, 0.15) is 12.2 Å². The third-order valence-corrected chi connectivity index (χ3v) is 2.30. The number of hydrogen-bond acceptors (Lipinski definition) is 4. The minimum Gasteiger partial charge on any atom is -0.462 e. The van der Waals surface area contributed by atoms with Gasteiger partial charge in [-0.05, 0) is 6.42 Å². The molecule has 0 aromatic heterocycles. The Balaban J connectivity index is 2.50. The Bertz CT molecular complexity index is 224. The van der Waals surface area contributed by atoms with Crippen molar-refractivity contribution < 1.29 is 19.1 Å². The summed E-state index contributed by atoms with van der Waals surface area (Å²) in [5, 5.41) is 0. The second-order valence-corrected chi connectivity index (χ2v) is 3.29. The lowest BCUT2D eigenvalue weighted by molar-refractivity contribution is -0.161. The molecule has 1 rings (SSSR count). The van der Waals surface area contributed by atoms with Crippen molar-refractivity contribution >= 4 is 11.9 Å². The number of carbonyl (C=O) groups is 2. The summed E-state index contributed by atoms with van der Waals surface area (Å²) in [7, 11) is 0. The van der Waals surface area contributed by atoms with Crippen molar-refractivity contribution in [1.82, 2.24) is 0 Å². The van der Waals surface area contributed by atoms with Crippen LogP contribution in [0.15, 0.2) is 0 Å². The molecular weight excluding hydrogens is 172 g/mol.